The number of carbonyl (C=O) groups is 3. The highest BCUT2D eigenvalue weighted by atomic mass is 35.5. The van der Waals surface area contributed by atoms with Gasteiger partial charge >= 0.3 is 11.9 Å². The van der Waals surface area contributed by atoms with E-state index < -0.39 is 11.9 Å². The second-order valence-electron chi connectivity index (χ2n) is 6.24. The van der Waals surface area contributed by atoms with E-state index in [0.29, 0.717) is 27.5 Å². The smallest absolute Gasteiger partial charge is 0.340 e. The molecule has 0 aromatic heterocycles. The Hall–Kier alpha value is -3.38. The summed E-state index contributed by atoms with van der Waals surface area (Å²) in [5.41, 5.74) is 2.39. The number of amides is 1. The molecule has 6 nitrogen and oxygen atoms in total. The Morgan fingerprint density at radius 3 is 2.24 bits per heavy atom. The minimum absolute atomic E-state index is 0.175. The van der Waals surface area contributed by atoms with Crippen LogP contribution in [0.5, 0.6) is 0 Å². The number of ether oxygens (including phenoxy) is 2. The van der Waals surface area contributed by atoms with Crippen molar-refractivity contribution in [1.29, 1.82) is 0 Å². The molecule has 0 saturated carbocycles. The predicted molar refractivity (Wildman–Crippen MR) is 109 cm³/mol. The number of rotatable bonds is 4. The highest BCUT2D eigenvalue weighted by Crippen LogP contribution is 2.36. The van der Waals surface area contributed by atoms with Gasteiger partial charge in [0.15, 0.2) is 0 Å². The van der Waals surface area contributed by atoms with Crippen LogP contribution in [0.4, 0.5) is 5.69 Å². The molecule has 0 unspecified atom stereocenters. The average Bonchev–Trinajstić information content (AvgIpc) is 2.97. The van der Waals surface area contributed by atoms with Crippen molar-refractivity contribution in [1.82, 2.24) is 0 Å². The molecule has 0 radical (unpaired) electrons. The number of halogens is 1. The van der Waals surface area contributed by atoms with E-state index in [-0.39, 0.29) is 17.1 Å². The molecule has 148 valence electrons. The summed E-state index contributed by atoms with van der Waals surface area (Å²) < 4.78 is 9.57. The third-order valence-electron chi connectivity index (χ3n) is 4.50. The summed E-state index contributed by atoms with van der Waals surface area (Å²) in [6.07, 6.45) is 1.59. The Bertz CT molecular complexity index is 1050. The van der Waals surface area contributed by atoms with Crippen molar-refractivity contribution in [2.75, 3.05) is 19.1 Å². The number of benzene rings is 2. The molecule has 2 aromatic rings. The summed E-state index contributed by atoms with van der Waals surface area (Å²) in [4.78, 5) is 38.6. The summed E-state index contributed by atoms with van der Waals surface area (Å²) in [6.45, 7) is 1.67. The summed E-state index contributed by atoms with van der Waals surface area (Å²) in [7, 11) is 2.56. The number of methoxy groups -OCH3 is 2. The third-order valence-corrected chi connectivity index (χ3v) is 4.73. The third kappa shape index (κ3) is 3.93. The SMILES string of the molecule is COC(=O)C1=C(C)N(c2cccc(Cl)c2)C(=O)/C1=C\c1ccc(C(=O)OC)cc1. The number of nitrogens with zero attached hydrogens (tertiary/aromatic N) is 1. The normalized spacial score (nSPS) is 15.1. The Kier molecular flexibility index (Phi) is 5.84. The van der Waals surface area contributed by atoms with Crippen molar-refractivity contribution in [2.24, 2.45) is 0 Å². The minimum atomic E-state index is -0.613. The molecule has 0 aliphatic carbocycles. The maximum atomic E-state index is 13.2. The van der Waals surface area contributed by atoms with Crippen LogP contribution in [-0.4, -0.2) is 32.1 Å². The lowest BCUT2D eigenvalue weighted by Gasteiger charge is -2.18. The van der Waals surface area contributed by atoms with Crippen LogP contribution in [0.1, 0.15) is 22.8 Å². The Balaban J connectivity index is 2.07. The van der Waals surface area contributed by atoms with Crippen LogP contribution < -0.4 is 4.90 Å². The first-order valence-electron chi connectivity index (χ1n) is 8.67. The molecule has 1 aliphatic heterocycles. The van der Waals surface area contributed by atoms with Crippen LogP contribution in [-0.2, 0) is 19.1 Å². The second-order valence-corrected chi connectivity index (χ2v) is 6.68. The van der Waals surface area contributed by atoms with Crippen LogP contribution in [0.25, 0.3) is 6.08 Å². The van der Waals surface area contributed by atoms with Crippen LogP contribution in [0.3, 0.4) is 0 Å². The number of carbonyl (C=O) groups excluding carboxylic acids is 3. The van der Waals surface area contributed by atoms with Crippen LogP contribution in [0.2, 0.25) is 5.02 Å². The van der Waals surface area contributed by atoms with E-state index in [9.17, 15) is 14.4 Å². The standard InChI is InChI=1S/C22H18ClNO5/c1-13-19(22(27)29-3)18(11-14-7-9-15(10-8-14)21(26)28-2)20(25)24(13)17-6-4-5-16(23)12-17/h4-12H,1-3H3/b18-11-. The van der Waals surface area contributed by atoms with E-state index >= 15 is 0 Å². The lowest BCUT2D eigenvalue weighted by Crippen LogP contribution is -2.24. The molecule has 1 aliphatic rings. The first-order chi connectivity index (χ1) is 13.9. The number of anilines is 1. The lowest BCUT2D eigenvalue weighted by atomic mass is 10.0. The quantitative estimate of drug-likeness (QED) is 0.561. The highest BCUT2D eigenvalue weighted by Gasteiger charge is 2.37. The zero-order valence-corrected chi connectivity index (χ0v) is 16.8. The van der Waals surface area contributed by atoms with Crippen molar-refractivity contribution < 1.29 is 23.9 Å². The van der Waals surface area contributed by atoms with E-state index in [1.165, 1.54) is 19.1 Å². The Labute approximate surface area is 173 Å². The van der Waals surface area contributed by atoms with Gasteiger partial charge in [0.05, 0.1) is 36.6 Å². The van der Waals surface area contributed by atoms with Crippen LogP contribution in [0, 0.1) is 0 Å². The second kappa shape index (κ2) is 8.32. The molecule has 7 heteroatoms. The molecular weight excluding hydrogens is 394 g/mol. The molecule has 1 heterocycles. The van der Waals surface area contributed by atoms with Gasteiger partial charge in [-0.1, -0.05) is 29.8 Å². The predicted octanol–water partition coefficient (Wildman–Crippen LogP) is 4.00. The van der Waals surface area contributed by atoms with Gasteiger partial charge in [0.25, 0.3) is 5.91 Å². The zero-order chi connectivity index (χ0) is 21.1. The highest BCUT2D eigenvalue weighted by molar-refractivity contribution is 6.31. The molecule has 0 N–H and O–H groups in total. The van der Waals surface area contributed by atoms with Gasteiger partial charge in [0.2, 0.25) is 0 Å². The van der Waals surface area contributed by atoms with Crippen molar-refractivity contribution in [3.05, 3.63) is 81.5 Å². The van der Waals surface area contributed by atoms with Gasteiger partial charge in [-0.3, -0.25) is 9.69 Å². The molecule has 0 fully saturated rings. The molecule has 0 saturated heterocycles. The van der Waals surface area contributed by atoms with Crippen molar-refractivity contribution in [2.45, 2.75) is 6.92 Å². The van der Waals surface area contributed by atoms with Crippen molar-refractivity contribution >= 4 is 41.2 Å². The van der Waals surface area contributed by atoms with Gasteiger partial charge in [0.1, 0.15) is 0 Å². The van der Waals surface area contributed by atoms with Crippen molar-refractivity contribution in [3.8, 4) is 0 Å². The number of hydrogen-bond acceptors (Lipinski definition) is 5. The first-order valence-corrected chi connectivity index (χ1v) is 9.04. The number of esters is 2. The van der Waals surface area contributed by atoms with Gasteiger partial charge in [-0.25, -0.2) is 9.59 Å². The van der Waals surface area contributed by atoms with Gasteiger partial charge in [0, 0.05) is 10.7 Å². The molecule has 0 bridgehead atoms. The first kappa shape index (κ1) is 20.4. The summed E-state index contributed by atoms with van der Waals surface area (Å²) in [5.74, 6) is -1.45. The summed E-state index contributed by atoms with van der Waals surface area (Å²) in [6, 6.07) is 13.3. The fourth-order valence-corrected chi connectivity index (χ4v) is 3.29. The molecule has 29 heavy (non-hydrogen) atoms. The van der Waals surface area contributed by atoms with E-state index in [1.54, 1.807) is 61.5 Å². The maximum absolute atomic E-state index is 13.2. The molecule has 3 rings (SSSR count). The van der Waals surface area contributed by atoms with Gasteiger partial charge in [-0.2, -0.15) is 0 Å². The largest absolute Gasteiger partial charge is 0.465 e. The molecule has 0 spiro atoms. The van der Waals surface area contributed by atoms with E-state index in [0.717, 1.165) is 0 Å². The maximum Gasteiger partial charge on any atom is 0.340 e. The molecule has 0 atom stereocenters. The molecule has 2 aromatic carbocycles. The van der Waals surface area contributed by atoms with Crippen LogP contribution >= 0.6 is 11.6 Å². The monoisotopic (exact) mass is 411 g/mol. The van der Waals surface area contributed by atoms with Gasteiger partial charge in [-0.15, -0.1) is 0 Å². The average molecular weight is 412 g/mol. The fraction of sp³-hybridized carbons (Fsp3) is 0.136. The fourth-order valence-electron chi connectivity index (χ4n) is 3.11. The lowest BCUT2D eigenvalue weighted by molar-refractivity contribution is -0.136. The number of hydrogen-bond donors (Lipinski definition) is 0. The minimum Gasteiger partial charge on any atom is -0.465 e. The molecule has 1 amide bonds. The van der Waals surface area contributed by atoms with Crippen LogP contribution in [0.15, 0.2) is 65.4 Å². The van der Waals surface area contributed by atoms with Gasteiger partial charge in [-0.05, 0) is 48.9 Å². The summed E-state index contributed by atoms with van der Waals surface area (Å²) in [5, 5.41) is 0.471. The topological polar surface area (TPSA) is 72.9 Å². The van der Waals surface area contributed by atoms with E-state index in [1.807, 2.05) is 0 Å². The Morgan fingerprint density at radius 2 is 1.66 bits per heavy atom. The molecular formula is C22H18ClNO5. The number of allylic oxidation sites excluding steroid dienone is 1. The van der Waals surface area contributed by atoms with Crippen molar-refractivity contribution in [3.63, 3.8) is 0 Å². The van der Waals surface area contributed by atoms with Gasteiger partial charge < -0.3 is 9.47 Å². The summed E-state index contributed by atoms with van der Waals surface area (Å²) >= 11 is 6.07. The Morgan fingerprint density at radius 1 is 1.00 bits per heavy atom. The van der Waals surface area contributed by atoms with E-state index in [2.05, 4.69) is 4.74 Å². The van der Waals surface area contributed by atoms with E-state index in [4.69, 9.17) is 16.3 Å². The zero-order valence-electron chi connectivity index (χ0n) is 16.1.